The normalized spacial score (nSPS) is 13.8. The number of nitrogens with one attached hydrogen (secondary N) is 1. The summed E-state index contributed by atoms with van der Waals surface area (Å²) in [5, 5.41) is 4.68. The van der Waals surface area contributed by atoms with Crippen molar-refractivity contribution in [3.63, 3.8) is 0 Å². The van der Waals surface area contributed by atoms with Gasteiger partial charge in [-0.05, 0) is 48.2 Å². The highest BCUT2D eigenvalue weighted by atomic mass is 16.5. The quantitative estimate of drug-likeness (QED) is 0.689. The van der Waals surface area contributed by atoms with Crippen LogP contribution in [0.25, 0.3) is 10.8 Å². The van der Waals surface area contributed by atoms with E-state index in [1.807, 2.05) is 36.4 Å². The SMILES string of the molecule is Cn1cc(C(=O)N2CCCCC2)cc(NC(=O)COc2ccc3ccccc3c2)c1=O. The molecule has 1 aliphatic rings. The fourth-order valence-electron chi connectivity index (χ4n) is 3.79. The van der Waals surface area contributed by atoms with E-state index in [9.17, 15) is 14.4 Å². The van der Waals surface area contributed by atoms with Crippen LogP contribution >= 0.6 is 0 Å². The zero-order valence-corrected chi connectivity index (χ0v) is 17.5. The van der Waals surface area contributed by atoms with Crippen molar-refractivity contribution in [3.05, 3.63) is 70.6 Å². The summed E-state index contributed by atoms with van der Waals surface area (Å²) in [6.45, 7) is 1.18. The summed E-state index contributed by atoms with van der Waals surface area (Å²) in [5.41, 5.74) is 0.0708. The van der Waals surface area contributed by atoms with Gasteiger partial charge < -0.3 is 19.5 Å². The number of piperidine rings is 1. The molecular formula is C24H25N3O4. The first kappa shape index (κ1) is 20.7. The topological polar surface area (TPSA) is 80.6 Å². The number of ether oxygens (including phenoxy) is 1. The lowest BCUT2D eigenvalue weighted by Gasteiger charge is -2.27. The Bertz CT molecular complexity index is 1180. The summed E-state index contributed by atoms with van der Waals surface area (Å²) in [4.78, 5) is 39.5. The number of carbonyl (C=O) groups excluding carboxylic acids is 2. The first-order valence-corrected chi connectivity index (χ1v) is 10.4. The molecule has 1 fully saturated rings. The number of pyridine rings is 1. The van der Waals surface area contributed by atoms with Crippen LogP contribution in [-0.2, 0) is 11.8 Å². The van der Waals surface area contributed by atoms with E-state index in [2.05, 4.69) is 5.32 Å². The molecular weight excluding hydrogens is 394 g/mol. The zero-order chi connectivity index (χ0) is 21.8. The van der Waals surface area contributed by atoms with Gasteiger partial charge in [0.25, 0.3) is 17.4 Å². The van der Waals surface area contributed by atoms with Gasteiger partial charge in [-0.25, -0.2) is 0 Å². The van der Waals surface area contributed by atoms with Crippen LogP contribution in [0, 0.1) is 0 Å². The van der Waals surface area contributed by atoms with Crippen LogP contribution in [0.4, 0.5) is 5.69 Å². The molecule has 31 heavy (non-hydrogen) atoms. The Morgan fingerprint density at radius 3 is 2.52 bits per heavy atom. The fraction of sp³-hybridized carbons (Fsp3) is 0.292. The molecule has 1 aliphatic heterocycles. The van der Waals surface area contributed by atoms with Crippen LogP contribution in [0.1, 0.15) is 29.6 Å². The van der Waals surface area contributed by atoms with E-state index in [4.69, 9.17) is 4.74 Å². The number of anilines is 1. The highest BCUT2D eigenvalue weighted by Gasteiger charge is 2.20. The number of fused-ring (bicyclic) bond motifs is 1. The maximum Gasteiger partial charge on any atom is 0.274 e. The van der Waals surface area contributed by atoms with E-state index in [-0.39, 0.29) is 23.8 Å². The van der Waals surface area contributed by atoms with Crippen molar-refractivity contribution in [2.75, 3.05) is 25.0 Å². The van der Waals surface area contributed by atoms with Gasteiger partial charge in [-0.3, -0.25) is 14.4 Å². The summed E-state index contributed by atoms with van der Waals surface area (Å²) in [5.74, 6) is -0.0261. The van der Waals surface area contributed by atoms with E-state index < -0.39 is 5.91 Å². The zero-order valence-electron chi connectivity index (χ0n) is 17.5. The Balaban J connectivity index is 1.44. The molecule has 0 radical (unpaired) electrons. The molecule has 2 aromatic carbocycles. The molecule has 1 N–H and O–H groups in total. The number of hydrogen-bond acceptors (Lipinski definition) is 4. The van der Waals surface area contributed by atoms with Crippen molar-refractivity contribution in [2.45, 2.75) is 19.3 Å². The van der Waals surface area contributed by atoms with E-state index in [1.54, 1.807) is 18.0 Å². The number of benzene rings is 2. The standard InChI is InChI=1S/C24H25N3O4/c1-26-15-19(23(29)27-11-5-2-6-12-27)14-21(24(26)30)25-22(28)16-31-20-10-9-17-7-3-4-8-18(17)13-20/h3-4,7-10,13-15H,2,5-6,11-12,16H2,1H3,(H,25,28). The number of nitrogens with zero attached hydrogens (tertiary/aromatic N) is 2. The molecule has 0 atom stereocenters. The van der Waals surface area contributed by atoms with E-state index >= 15 is 0 Å². The average Bonchev–Trinajstić information content (AvgIpc) is 2.80. The molecule has 1 saturated heterocycles. The maximum absolute atomic E-state index is 12.8. The molecule has 1 aromatic heterocycles. The van der Waals surface area contributed by atoms with Gasteiger partial charge in [-0.2, -0.15) is 0 Å². The molecule has 7 heteroatoms. The van der Waals surface area contributed by atoms with Crippen LogP contribution in [0.2, 0.25) is 0 Å². The van der Waals surface area contributed by atoms with Crippen LogP contribution < -0.4 is 15.6 Å². The first-order valence-electron chi connectivity index (χ1n) is 10.4. The first-order chi connectivity index (χ1) is 15.0. The number of aromatic nitrogens is 1. The maximum atomic E-state index is 12.8. The molecule has 2 amide bonds. The number of carbonyl (C=O) groups is 2. The number of aryl methyl sites for hydroxylation is 1. The van der Waals surface area contributed by atoms with E-state index in [0.29, 0.717) is 24.4 Å². The summed E-state index contributed by atoms with van der Waals surface area (Å²) < 4.78 is 6.91. The monoisotopic (exact) mass is 419 g/mol. The van der Waals surface area contributed by atoms with Crippen LogP contribution in [-0.4, -0.2) is 41.0 Å². The number of rotatable bonds is 5. The average molecular weight is 419 g/mol. The molecule has 7 nitrogen and oxygen atoms in total. The number of amides is 2. The summed E-state index contributed by atoms with van der Waals surface area (Å²) >= 11 is 0. The molecule has 0 saturated carbocycles. The Kier molecular flexibility index (Phi) is 6.02. The number of likely N-dealkylation sites (tertiary alicyclic amines) is 1. The van der Waals surface area contributed by atoms with Crippen molar-refractivity contribution < 1.29 is 14.3 Å². The molecule has 0 bridgehead atoms. The highest BCUT2D eigenvalue weighted by molar-refractivity contribution is 5.97. The van der Waals surface area contributed by atoms with Crippen molar-refractivity contribution >= 4 is 28.3 Å². The van der Waals surface area contributed by atoms with E-state index in [0.717, 1.165) is 30.0 Å². The van der Waals surface area contributed by atoms with Crippen LogP contribution in [0.3, 0.4) is 0 Å². The van der Waals surface area contributed by atoms with Gasteiger partial charge >= 0.3 is 0 Å². The van der Waals surface area contributed by atoms with Crippen molar-refractivity contribution in [3.8, 4) is 5.75 Å². The lowest BCUT2D eigenvalue weighted by atomic mass is 10.1. The second kappa shape index (κ2) is 9.04. The third-order valence-electron chi connectivity index (χ3n) is 5.44. The Labute approximate surface area is 180 Å². The number of hydrogen-bond donors (Lipinski definition) is 1. The Morgan fingerprint density at radius 2 is 1.74 bits per heavy atom. The molecule has 0 unspecified atom stereocenters. The van der Waals surface area contributed by atoms with Crippen molar-refractivity contribution in [2.24, 2.45) is 7.05 Å². The lowest BCUT2D eigenvalue weighted by Crippen LogP contribution is -2.36. The second-order valence-electron chi connectivity index (χ2n) is 7.76. The Morgan fingerprint density at radius 1 is 1.00 bits per heavy atom. The van der Waals surface area contributed by atoms with Crippen LogP contribution in [0.5, 0.6) is 5.75 Å². The van der Waals surface area contributed by atoms with E-state index in [1.165, 1.54) is 16.8 Å². The van der Waals surface area contributed by atoms with Gasteiger partial charge in [0.15, 0.2) is 6.61 Å². The third kappa shape index (κ3) is 4.77. The predicted octanol–water partition coefficient (Wildman–Crippen LogP) is 3.18. The fourth-order valence-corrected chi connectivity index (χ4v) is 3.79. The molecule has 2 heterocycles. The molecule has 3 aromatic rings. The summed E-state index contributed by atoms with van der Waals surface area (Å²) in [6, 6.07) is 14.9. The van der Waals surface area contributed by atoms with Crippen molar-refractivity contribution in [1.29, 1.82) is 0 Å². The van der Waals surface area contributed by atoms with Gasteiger partial charge in [0, 0.05) is 26.3 Å². The van der Waals surface area contributed by atoms with Gasteiger partial charge in [0.1, 0.15) is 11.4 Å². The Hall–Kier alpha value is -3.61. The molecule has 0 spiro atoms. The summed E-state index contributed by atoms with van der Waals surface area (Å²) in [7, 11) is 1.57. The smallest absolute Gasteiger partial charge is 0.274 e. The van der Waals surface area contributed by atoms with Gasteiger partial charge in [-0.1, -0.05) is 30.3 Å². The van der Waals surface area contributed by atoms with Gasteiger partial charge in [0.05, 0.1) is 5.56 Å². The van der Waals surface area contributed by atoms with Gasteiger partial charge in [0.2, 0.25) is 0 Å². The summed E-state index contributed by atoms with van der Waals surface area (Å²) in [6.07, 6.45) is 4.59. The minimum atomic E-state index is -0.465. The minimum Gasteiger partial charge on any atom is -0.484 e. The predicted molar refractivity (Wildman–Crippen MR) is 120 cm³/mol. The van der Waals surface area contributed by atoms with Crippen molar-refractivity contribution in [1.82, 2.24) is 9.47 Å². The molecule has 160 valence electrons. The largest absolute Gasteiger partial charge is 0.484 e. The van der Waals surface area contributed by atoms with Crippen LogP contribution in [0.15, 0.2) is 59.5 Å². The highest BCUT2D eigenvalue weighted by Crippen LogP contribution is 2.20. The molecule has 0 aliphatic carbocycles. The third-order valence-corrected chi connectivity index (χ3v) is 5.44. The molecule has 4 rings (SSSR count). The minimum absolute atomic E-state index is 0.0671. The lowest BCUT2D eigenvalue weighted by molar-refractivity contribution is -0.118. The van der Waals surface area contributed by atoms with Gasteiger partial charge in [-0.15, -0.1) is 0 Å². The second-order valence-corrected chi connectivity index (χ2v) is 7.76.